The molecule has 0 saturated heterocycles. The quantitative estimate of drug-likeness (QED) is 0.182. The highest BCUT2D eigenvalue weighted by molar-refractivity contribution is 7.79. The molecule has 0 atom stereocenters. The molecular formula is C43H31P. The van der Waals surface area contributed by atoms with Crippen LogP contribution in [0.15, 0.2) is 152 Å². The molecule has 0 heterocycles. The van der Waals surface area contributed by atoms with Gasteiger partial charge in [-0.25, -0.2) is 0 Å². The molecule has 0 aliphatic heterocycles. The fraction of sp³-hybridized carbons (Fsp3) is 0.0698. The maximum atomic E-state index is 2.50. The maximum absolute atomic E-state index is 2.50. The molecule has 0 spiro atoms. The third-order valence-electron chi connectivity index (χ3n) is 9.79. The van der Waals surface area contributed by atoms with Gasteiger partial charge < -0.3 is 0 Å². The normalized spacial score (nSPS) is 13.6. The van der Waals surface area contributed by atoms with Crippen LogP contribution in [0.3, 0.4) is 0 Å². The van der Waals surface area contributed by atoms with E-state index < -0.39 is 7.92 Å². The van der Waals surface area contributed by atoms with Crippen LogP contribution in [0.25, 0.3) is 55.3 Å². The van der Waals surface area contributed by atoms with E-state index in [4.69, 9.17) is 0 Å². The largest absolute Gasteiger partial charge is 0.0622 e. The molecule has 7 aromatic carbocycles. The SMILES string of the molecule is CC1(C)c2cc(-c3ccc(P(c4ccccc4)c4ccccc4)cc3)ccc2-c2c1cc1c3c(cccc23)-c2ccccc2-1. The van der Waals surface area contributed by atoms with Gasteiger partial charge in [0.2, 0.25) is 0 Å². The Labute approximate surface area is 260 Å². The van der Waals surface area contributed by atoms with Gasteiger partial charge in [-0.15, -0.1) is 0 Å². The Morgan fingerprint density at radius 1 is 0.409 bits per heavy atom. The first-order valence-electron chi connectivity index (χ1n) is 15.5. The van der Waals surface area contributed by atoms with Crippen molar-refractivity contribution in [2.24, 2.45) is 0 Å². The lowest BCUT2D eigenvalue weighted by molar-refractivity contribution is 0.661. The second kappa shape index (κ2) is 9.62. The highest BCUT2D eigenvalue weighted by Crippen LogP contribution is 2.57. The minimum atomic E-state index is -0.615. The van der Waals surface area contributed by atoms with E-state index in [0.717, 1.165) is 0 Å². The molecule has 0 radical (unpaired) electrons. The molecule has 9 rings (SSSR count). The van der Waals surface area contributed by atoms with Crippen molar-refractivity contribution in [2.45, 2.75) is 19.3 Å². The fourth-order valence-electron chi connectivity index (χ4n) is 7.67. The Bertz CT molecular complexity index is 2190. The highest BCUT2D eigenvalue weighted by atomic mass is 31.1. The zero-order valence-corrected chi connectivity index (χ0v) is 25.8. The van der Waals surface area contributed by atoms with Crippen molar-refractivity contribution in [2.75, 3.05) is 0 Å². The van der Waals surface area contributed by atoms with Crippen LogP contribution in [0.4, 0.5) is 0 Å². The Balaban J connectivity index is 1.14. The van der Waals surface area contributed by atoms with Crippen molar-refractivity contribution < 1.29 is 0 Å². The summed E-state index contributed by atoms with van der Waals surface area (Å²) in [5.41, 5.74) is 13.6. The molecule has 0 N–H and O–H groups in total. The van der Waals surface area contributed by atoms with E-state index >= 15 is 0 Å². The van der Waals surface area contributed by atoms with Crippen molar-refractivity contribution in [3.63, 3.8) is 0 Å². The van der Waals surface area contributed by atoms with E-state index in [1.807, 2.05) is 0 Å². The minimum absolute atomic E-state index is 0.0895. The second-order valence-electron chi connectivity index (χ2n) is 12.6. The van der Waals surface area contributed by atoms with Gasteiger partial charge in [-0.3, -0.25) is 0 Å². The van der Waals surface area contributed by atoms with Gasteiger partial charge in [0.15, 0.2) is 0 Å². The summed E-state index contributed by atoms with van der Waals surface area (Å²) in [6.45, 7) is 4.81. The zero-order valence-electron chi connectivity index (χ0n) is 24.9. The van der Waals surface area contributed by atoms with Crippen molar-refractivity contribution >= 4 is 34.6 Å². The van der Waals surface area contributed by atoms with Gasteiger partial charge >= 0.3 is 0 Å². The summed E-state index contributed by atoms with van der Waals surface area (Å²) in [6.07, 6.45) is 0. The smallest absolute Gasteiger partial charge is 0.0159 e. The molecule has 0 bridgehead atoms. The van der Waals surface area contributed by atoms with Crippen LogP contribution in [0.5, 0.6) is 0 Å². The summed E-state index contributed by atoms with van der Waals surface area (Å²) in [5, 5.41) is 6.92. The monoisotopic (exact) mass is 578 g/mol. The predicted molar refractivity (Wildman–Crippen MR) is 190 cm³/mol. The summed E-state index contributed by atoms with van der Waals surface area (Å²) in [5.74, 6) is 0. The first-order chi connectivity index (χ1) is 21.6. The van der Waals surface area contributed by atoms with Crippen molar-refractivity contribution in [3.05, 3.63) is 163 Å². The van der Waals surface area contributed by atoms with E-state index in [-0.39, 0.29) is 5.41 Å². The second-order valence-corrected chi connectivity index (χ2v) is 14.8. The van der Waals surface area contributed by atoms with Gasteiger partial charge in [0, 0.05) is 5.41 Å². The molecule has 0 aromatic heterocycles. The summed E-state index contributed by atoms with van der Waals surface area (Å²) < 4.78 is 0. The van der Waals surface area contributed by atoms with Crippen molar-refractivity contribution in [1.82, 2.24) is 0 Å². The number of benzene rings is 7. The number of rotatable bonds is 4. The third-order valence-corrected chi connectivity index (χ3v) is 12.2. The standard InChI is InChI=1S/C43H31P/c1-43(2)39-26-29(28-20-23-32(24-21-28)44(30-12-5-3-6-13-30)31-14-7-4-8-15-31)22-25-36(39)42-37-19-11-18-35-33-16-9-10-17-34(33)38(41(35)37)27-40(42)43/h3-27H,1-2H3. The molecule has 0 fully saturated rings. The average Bonchev–Trinajstić information content (AvgIpc) is 3.52. The van der Waals surface area contributed by atoms with Gasteiger partial charge in [0.25, 0.3) is 0 Å². The van der Waals surface area contributed by atoms with Crippen LogP contribution in [0.1, 0.15) is 25.0 Å². The predicted octanol–water partition coefficient (Wildman–Crippen LogP) is 10.2. The minimum Gasteiger partial charge on any atom is -0.0622 e. The molecule has 208 valence electrons. The molecule has 2 aliphatic rings. The van der Waals surface area contributed by atoms with Crippen LogP contribution in [0.2, 0.25) is 0 Å². The molecule has 0 unspecified atom stereocenters. The van der Waals surface area contributed by atoms with Gasteiger partial charge in [0.05, 0.1) is 0 Å². The van der Waals surface area contributed by atoms with Gasteiger partial charge in [-0.1, -0.05) is 153 Å². The van der Waals surface area contributed by atoms with Crippen LogP contribution in [0, 0.1) is 0 Å². The Kier molecular flexibility index (Phi) is 5.62. The fourth-order valence-corrected chi connectivity index (χ4v) is 9.95. The molecule has 0 saturated carbocycles. The van der Waals surface area contributed by atoms with Crippen LogP contribution < -0.4 is 15.9 Å². The van der Waals surface area contributed by atoms with E-state index in [0.29, 0.717) is 0 Å². The lowest BCUT2D eigenvalue weighted by atomic mass is 9.80. The maximum Gasteiger partial charge on any atom is 0.0159 e. The van der Waals surface area contributed by atoms with E-state index in [2.05, 4.69) is 166 Å². The Hall–Kier alpha value is -4.77. The summed E-state index contributed by atoms with van der Waals surface area (Å²) in [4.78, 5) is 0. The van der Waals surface area contributed by atoms with Crippen LogP contribution in [-0.2, 0) is 5.41 Å². The molecular weight excluding hydrogens is 547 g/mol. The summed E-state index contributed by atoms with van der Waals surface area (Å²) in [6, 6.07) is 56.6. The highest BCUT2D eigenvalue weighted by Gasteiger charge is 2.39. The lowest BCUT2D eigenvalue weighted by Crippen LogP contribution is -2.20. The number of hydrogen-bond acceptors (Lipinski definition) is 0. The van der Waals surface area contributed by atoms with E-state index in [9.17, 15) is 0 Å². The third kappa shape index (κ3) is 3.68. The number of fused-ring (bicyclic) bond motifs is 7. The first kappa shape index (κ1) is 25.7. The zero-order chi connectivity index (χ0) is 29.4. The molecule has 44 heavy (non-hydrogen) atoms. The van der Waals surface area contributed by atoms with Crippen molar-refractivity contribution in [1.29, 1.82) is 0 Å². The Morgan fingerprint density at radius 2 is 0.977 bits per heavy atom. The van der Waals surface area contributed by atoms with E-state index in [1.165, 1.54) is 82.3 Å². The molecule has 0 amide bonds. The van der Waals surface area contributed by atoms with E-state index in [1.54, 1.807) is 0 Å². The number of hydrogen-bond donors (Lipinski definition) is 0. The first-order valence-corrected chi connectivity index (χ1v) is 16.8. The molecule has 7 aromatic rings. The molecule has 0 nitrogen and oxygen atoms in total. The van der Waals surface area contributed by atoms with Gasteiger partial charge in [0.1, 0.15) is 0 Å². The van der Waals surface area contributed by atoms with Gasteiger partial charge in [-0.2, -0.15) is 0 Å². The average molecular weight is 579 g/mol. The summed E-state index contributed by atoms with van der Waals surface area (Å²) in [7, 11) is -0.615. The molecule has 1 heteroatoms. The lowest BCUT2D eigenvalue weighted by Gasteiger charge is -2.23. The summed E-state index contributed by atoms with van der Waals surface area (Å²) >= 11 is 0. The van der Waals surface area contributed by atoms with Gasteiger partial charge in [-0.05, 0) is 102 Å². The topological polar surface area (TPSA) is 0 Å². The van der Waals surface area contributed by atoms with Crippen molar-refractivity contribution in [3.8, 4) is 44.5 Å². The molecule has 2 aliphatic carbocycles. The van der Waals surface area contributed by atoms with Crippen LogP contribution >= 0.6 is 7.92 Å². The van der Waals surface area contributed by atoms with Crippen LogP contribution in [-0.4, -0.2) is 0 Å². The Morgan fingerprint density at radius 3 is 1.66 bits per heavy atom.